The monoisotopic (exact) mass is 461 g/mol. The van der Waals surface area contributed by atoms with Gasteiger partial charge in [0.25, 0.3) is 0 Å². The number of carbonyl (C=O) groups is 1. The molecule has 1 amide bonds. The number of aromatic nitrogens is 1. The second-order valence-electron chi connectivity index (χ2n) is 8.57. The summed E-state index contributed by atoms with van der Waals surface area (Å²) >= 11 is 5.98. The van der Waals surface area contributed by atoms with Crippen LogP contribution in [0, 0.1) is 5.82 Å². The third kappa shape index (κ3) is 6.18. The normalized spacial score (nSPS) is 22.0. The highest BCUT2D eigenvalue weighted by Crippen LogP contribution is 2.27. The predicted molar refractivity (Wildman–Crippen MR) is 120 cm³/mol. The van der Waals surface area contributed by atoms with Crippen molar-refractivity contribution < 1.29 is 18.7 Å². The van der Waals surface area contributed by atoms with Gasteiger partial charge in [0.2, 0.25) is 5.91 Å². The van der Waals surface area contributed by atoms with Crippen LogP contribution in [0.25, 0.3) is 0 Å². The molecule has 0 radical (unpaired) electrons. The molecule has 1 aromatic carbocycles. The first-order chi connectivity index (χ1) is 15.5. The van der Waals surface area contributed by atoms with Gasteiger partial charge in [0.15, 0.2) is 0 Å². The Labute approximate surface area is 193 Å². The summed E-state index contributed by atoms with van der Waals surface area (Å²) in [7, 11) is 0. The molecule has 4 rings (SSSR count). The van der Waals surface area contributed by atoms with Crippen LogP contribution in [-0.2, 0) is 16.1 Å². The summed E-state index contributed by atoms with van der Waals surface area (Å²) in [6.07, 6.45) is 4.75. The van der Waals surface area contributed by atoms with E-state index in [-0.39, 0.29) is 24.8 Å². The van der Waals surface area contributed by atoms with Crippen molar-refractivity contribution in [3.05, 3.63) is 59.1 Å². The summed E-state index contributed by atoms with van der Waals surface area (Å²) in [6.45, 7) is 4.13. The van der Waals surface area contributed by atoms with Gasteiger partial charge in [-0.15, -0.1) is 0 Å². The molecule has 2 fully saturated rings. The molecule has 2 aliphatic heterocycles. The summed E-state index contributed by atoms with van der Waals surface area (Å²) in [5.41, 5.74) is 0.00934. The minimum absolute atomic E-state index is 0.103. The molecular formula is C24H29ClFN3O3. The van der Waals surface area contributed by atoms with Crippen LogP contribution in [0.5, 0.6) is 5.75 Å². The van der Waals surface area contributed by atoms with Gasteiger partial charge in [0.05, 0.1) is 24.9 Å². The van der Waals surface area contributed by atoms with Gasteiger partial charge in [-0.3, -0.25) is 14.7 Å². The van der Waals surface area contributed by atoms with Gasteiger partial charge in [-0.05, 0) is 55.7 Å². The van der Waals surface area contributed by atoms with Crippen LogP contribution in [0.4, 0.5) is 4.39 Å². The van der Waals surface area contributed by atoms with Crippen LogP contribution < -0.4 is 4.74 Å². The van der Waals surface area contributed by atoms with Crippen molar-refractivity contribution in [2.75, 3.05) is 39.4 Å². The number of piperidine rings is 1. The van der Waals surface area contributed by atoms with Crippen LogP contribution in [-0.4, -0.2) is 65.7 Å². The zero-order valence-electron chi connectivity index (χ0n) is 18.1. The third-order valence-electron chi connectivity index (χ3n) is 6.00. The lowest BCUT2D eigenvalue weighted by Crippen LogP contribution is -2.57. The molecule has 2 aromatic rings. The SMILES string of the molecule is O=C(C[C@]1(COc2ccc(Cl)cc2)CN(Cc2ccc(F)cn2)CCO1)N1CCCCC1. The molecule has 0 bridgehead atoms. The number of rotatable bonds is 7. The van der Waals surface area contributed by atoms with E-state index in [1.165, 1.54) is 18.7 Å². The molecule has 172 valence electrons. The average Bonchev–Trinajstić information content (AvgIpc) is 2.81. The lowest BCUT2D eigenvalue weighted by atomic mass is 9.96. The maximum Gasteiger partial charge on any atom is 0.225 e. The second-order valence-corrected chi connectivity index (χ2v) is 9.01. The zero-order valence-corrected chi connectivity index (χ0v) is 18.9. The molecule has 3 heterocycles. The first-order valence-corrected chi connectivity index (χ1v) is 11.5. The number of morpholine rings is 1. The van der Waals surface area contributed by atoms with Gasteiger partial charge in [-0.25, -0.2) is 4.39 Å². The fourth-order valence-corrected chi connectivity index (χ4v) is 4.44. The quantitative estimate of drug-likeness (QED) is 0.625. The van der Waals surface area contributed by atoms with E-state index < -0.39 is 5.60 Å². The highest BCUT2D eigenvalue weighted by Gasteiger charge is 2.41. The van der Waals surface area contributed by atoms with Gasteiger partial charge in [-0.2, -0.15) is 0 Å². The number of carbonyl (C=O) groups excluding carboxylic acids is 1. The highest BCUT2D eigenvalue weighted by molar-refractivity contribution is 6.30. The number of hydrogen-bond donors (Lipinski definition) is 0. The Hall–Kier alpha value is -2.22. The van der Waals surface area contributed by atoms with Gasteiger partial charge in [0, 0.05) is 37.7 Å². The summed E-state index contributed by atoms with van der Waals surface area (Å²) in [6, 6.07) is 10.3. The van der Waals surface area contributed by atoms with E-state index in [0.717, 1.165) is 31.6 Å². The Morgan fingerprint density at radius 3 is 2.62 bits per heavy atom. The van der Waals surface area contributed by atoms with E-state index in [1.54, 1.807) is 18.2 Å². The van der Waals surface area contributed by atoms with Crippen molar-refractivity contribution in [3.8, 4) is 5.75 Å². The van der Waals surface area contributed by atoms with E-state index in [0.29, 0.717) is 37.0 Å². The van der Waals surface area contributed by atoms with Crippen LogP contribution in [0.1, 0.15) is 31.4 Å². The molecule has 6 nitrogen and oxygen atoms in total. The Bertz CT molecular complexity index is 890. The van der Waals surface area contributed by atoms with Crippen molar-refractivity contribution in [1.82, 2.24) is 14.8 Å². The number of likely N-dealkylation sites (tertiary alicyclic amines) is 1. The number of ether oxygens (including phenoxy) is 2. The maximum atomic E-state index is 13.2. The molecule has 2 saturated heterocycles. The van der Waals surface area contributed by atoms with Crippen molar-refractivity contribution in [1.29, 1.82) is 0 Å². The average molecular weight is 462 g/mol. The first-order valence-electron chi connectivity index (χ1n) is 11.1. The van der Waals surface area contributed by atoms with Gasteiger partial charge >= 0.3 is 0 Å². The van der Waals surface area contributed by atoms with E-state index in [9.17, 15) is 9.18 Å². The highest BCUT2D eigenvalue weighted by atomic mass is 35.5. The first kappa shape index (κ1) is 23.0. The number of halogens is 2. The molecule has 0 spiro atoms. The summed E-state index contributed by atoms with van der Waals surface area (Å²) in [4.78, 5) is 21.4. The van der Waals surface area contributed by atoms with E-state index in [1.807, 2.05) is 17.0 Å². The summed E-state index contributed by atoms with van der Waals surface area (Å²) in [5.74, 6) is 0.430. The molecule has 2 aliphatic rings. The molecule has 32 heavy (non-hydrogen) atoms. The molecule has 8 heteroatoms. The minimum Gasteiger partial charge on any atom is -0.491 e. The lowest BCUT2D eigenvalue weighted by Gasteiger charge is -2.43. The number of pyridine rings is 1. The zero-order chi connectivity index (χ0) is 22.4. The van der Waals surface area contributed by atoms with Gasteiger partial charge in [-0.1, -0.05) is 11.6 Å². The number of amides is 1. The topological polar surface area (TPSA) is 54.9 Å². The smallest absolute Gasteiger partial charge is 0.225 e. The van der Waals surface area contributed by atoms with E-state index in [2.05, 4.69) is 9.88 Å². The molecule has 1 aromatic heterocycles. The Morgan fingerprint density at radius 1 is 1.12 bits per heavy atom. The number of nitrogens with zero attached hydrogens (tertiary/aromatic N) is 3. The van der Waals surface area contributed by atoms with Crippen LogP contribution in [0.3, 0.4) is 0 Å². The van der Waals surface area contributed by atoms with Crippen LogP contribution >= 0.6 is 11.6 Å². The van der Waals surface area contributed by atoms with Crippen molar-refractivity contribution in [2.24, 2.45) is 0 Å². The number of hydrogen-bond acceptors (Lipinski definition) is 5. The fraction of sp³-hybridized carbons (Fsp3) is 0.500. The molecule has 0 saturated carbocycles. The lowest BCUT2D eigenvalue weighted by molar-refractivity contribution is -0.157. The standard InChI is InChI=1S/C24H29ClFN3O3/c25-19-4-8-22(9-5-19)31-18-24(14-23(30)29-10-2-1-3-11-29)17-28(12-13-32-24)16-21-7-6-20(26)15-27-21/h4-9,15H,1-3,10-14,16-18H2/t24-/m1/s1. The van der Waals surface area contributed by atoms with Crippen LogP contribution in [0.15, 0.2) is 42.6 Å². The molecule has 0 aliphatic carbocycles. The van der Waals surface area contributed by atoms with Crippen molar-refractivity contribution in [3.63, 3.8) is 0 Å². The largest absolute Gasteiger partial charge is 0.491 e. The van der Waals surface area contributed by atoms with Gasteiger partial charge in [0.1, 0.15) is 23.8 Å². The third-order valence-corrected chi connectivity index (χ3v) is 6.25. The maximum absolute atomic E-state index is 13.2. The Balaban J connectivity index is 1.47. The van der Waals surface area contributed by atoms with Crippen molar-refractivity contribution >= 4 is 17.5 Å². The Morgan fingerprint density at radius 2 is 1.91 bits per heavy atom. The van der Waals surface area contributed by atoms with Gasteiger partial charge < -0.3 is 14.4 Å². The van der Waals surface area contributed by atoms with Crippen molar-refractivity contribution in [2.45, 2.75) is 37.8 Å². The molecule has 1 atom stereocenters. The fourth-order valence-electron chi connectivity index (χ4n) is 4.31. The summed E-state index contributed by atoms with van der Waals surface area (Å²) < 4.78 is 25.5. The Kier molecular flexibility index (Phi) is 7.60. The molecular weight excluding hydrogens is 433 g/mol. The molecule has 0 unspecified atom stereocenters. The van der Waals surface area contributed by atoms with E-state index in [4.69, 9.17) is 21.1 Å². The second kappa shape index (κ2) is 10.6. The molecule has 0 N–H and O–H groups in total. The van der Waals surface area contributed by atoms with E-state index >= 15 is 0 Å². The minimum atomic E-state index is -0.771. The summed E-state index contributed by atoms with van der Waals surface area (Å²) in [5, 5.41) is 0.638. The predicted octanol–water partition coefficient (Wildman–Crippen LogP) is 3.93. The van der Waals surface area contributed by atoms with Crippen LogP contribution in [0.2, 0.25) is 5.02 Å². The number of benzene rings is 1.